The molecule has 2 N–H and O–H groups in total. The second-order valence-electron chi connectivity index (χ2n) is 4.83. The van der Waals surface area contributed by atoms with Crippen molar-refractivity contribution in [3.63, 3.8) is 0 Å². The Balaban J connectivity index is 1.70. The molecule has 0 aromatic heterocycles. The number of hydrogen-bond donors (Lipinski definition) is 2. The quantitative estimate of drug-likeness (QED) is 0.603. The maximum absolute atomic E-state index is 11.8. The van der Waals surface area contributed by atoms with Crippen LogP contribution in [-0.2, 0) is 9.59 Å². The molecule has 0 aliphatic carbocycles. The first-order chi connectivity index (χ1) is 11.7. The van der Waals surface area contributed by atoms with Crippen LogP contribution in [0, 0.1) is 0 Å². The molecular weight excluding hydrogens is 308 g/mol. The smallest absolute Gasteiger partial charge is 0.313 e. The minimum Gasteiger partial charge on any atom is -0.494 e. The second kappa shape index (κ2) is 9.19. The first-order valence-electron chi connectivity index (χ1n) is 7.69. The maximum Gasteiger partial charge on any atom is 0.313 e. The Bertz CT molecular complexity index is 656. The monoisotopic (exact) mass is 328 g/mol. The van der Waals surface area contributed by atoms with Crippen LogP contribution in [0.4, 0.5) is 5.69 Å². The van der Waals surface area contributed by atoms with Gasteiger partial charge in [-0.2, -0.15) is 0 Å². The third-order valence-electron chi connectivity index (χ3n) is 3.03. The zero-order valence-corrected chi connectivity index (χ0v) is 13.5. The van der Waals surface area contributed by atoms with E-state index in [2.05, 4.69) is 10.6 Å². The zero-order valence-electron chi connectivity index (χ0n) is 13.5. The molecular formula is C18H20N2O4. The molecule has 2 aromatic rings. The van der Waals surface area contributed by atoms with Crippen molar-refractivity contribution in [1.29, 1.82) is 0 Å². The number of carbonyl (C=O) groups excluding carboxylic acids is 2. The average molecular weight is 328 g/mol. The molecule has 0 aliphatic heterocycles. The lowest BCUT2D eigenvalue weighted by molar-refractivity contribution is -0.136. The number of rotatable bonds is 7. The highest BCUT2D eigenvalue weighted by molar-refractivity contribution is 6.39. The highest BCUT2D eigenvalue weighted by atomic mass is 16.5. The van der Waals surface area contributed by atoms with Crippen molar-refractivity contribution in [3.8, 4) is 11.5 Å². The molecule has 0 saturated carbocycles. The fourth-order valence-corrected chi connectivity index (χ4v) is 1.92. The first-order valence-corrected chi connectivity index (χ1v) is 7.69. The third-order valence-corrected chi connectivity index (χ3v) is 3.03. The van der Waals surface area contributed by atoms with E-state index in [1.54, 1.807) is 24.3 Å². The maximum atomic E-state index is 11.8. The van der Waals surface area contributed by atoms with Gasteiger partial charge in [0.1, 0.15) is 18.1 Å². The van der Waals surface area contributed by atoms with Gasteiger partial charge in [0.05, 0.1) is 13.2 Å². The normalized spacial score (nSPS) is 9.88. The highest BCUT2D eigenvalue weighted by Gasteiger charge is 2.13. The van der Waals surface area contributed by atoms with Crippen molar-refractivity contribution in [1.82, 2.24) is 5.32 Å². The van der Waals surface area contributed by atoms with Gasteiger partial charge in [-0.25, -0.2) is 0 Å². The number of amides is 2. The molecule has 24 heavy (non-hydrogen) atoms. The summed E-state index contributed by atoms with van der Waals surface area (Å²) in [7, 11) is 0. The highest BCUT2D eigenvalue weighted by Crippen LogP contribution is 2.15. The van der Waals surface area contributed by atoms with Gasteiger partial charge in [0.15, 0.2) is 0 Å². The predicted octanol–water partition coefficient (Wildman–Crippen LogP) is 2.22. The van der Waals surface area contributed by atoms with Gasteiger partial charge in [-0.1, -0.05) is 18.2 Å². The van der Waals surface area contributed by atoms with Crippen molar-refractivity contribution >= 4 is 17.5 Å². The van der Waals surface area contributed by atoms with E-state index in [1.165, 1.54) is 0 Å². The van der Waals surface area contributed by atoms with E-state index in [4.69, 9.17) is 9.47 Å². The number of ether oxygens (including phenoxy) is 2. The summed E-state index contributed by atoms with van der Waals surface area (Å²) in [4.78, 5) is 23.5. The van der Waals surface area contributed by atoms with Crippen LogP contribution in [0.2, 0.25) is 0 Å². The van der Waals surface area contributed by atoms with Crippen molar-refractivity contribution in [2.24, 2.45) is 0 Å². The van der Waals surface area contributed by atoms with Crippen LogP contribution in [0.5, 0.6) is 11.5 Å². The van der Waals surface area contributed by atoms with E-state index in [-0.39, 0.29) is 13.2 Å². The van der Waals surface area contributed by atoms with Gasteiger partial charge >= 0.3 is 11.8 Å². The lowest BCUT2D eigenvalue weighted by Crippen LogP contribution is -2.37. The Morgan fingerprint density at radius 1 is 0.875 bits per heavy atom. The van der Waals surface area contributed by atoms with Gasteiger partial charge in [0.2, 0.25) is 0 Å². The predicted molar refractivity (Wildman–Crippen MR) is 91.2 cm³/mol. The van der Waals surface area contributed by atoms with Crippen LogP contribution in [0.1, 0.15) is 6.92 Å². The Hall–Kier alpha value is -3.02. The minimum absolute atomic E-state index is 0.241. The SMILES string of the molecule is CCOc1ccc(NC(=O)C(=O)NCCOc2ccccc2)cc1. The molecule has 6 nitrogen and oxygen atoms in total. The molecule has 2 rings (SSSR count). The molecule has 0 aliphatic rings. The summed E-state index contributed by atoms with van der Waals surface area (Å²) in [6.07, 6.45) is 0. The molecule has 2 amide bonds. The standard InChI is InChI=1S/C18H20N2O4/c1-2-23-16-10-8-14(9-11-16)20-18(22)17(21)19-12-13-24-15-6-4-3-5-7-15/h3-11H,2,12-13H2,1H3,(H,19,21)(H,20,22). The summed E-state index contributed by atoms with van der Waals surface area (Å²) in [5.41, 5.74) is 0.527. The molecule has 0 saturated heterocycles. The lowest BCUT2D eigenvalue weighted by Gasteiger charge is -2.09. The summed E-state index contributed by atoms with van der Waals surface area (Å²) >= 11 is 0. The van der Waals surface area contributed by atoms with Gasteiger partial charge in [0, 0.05) is 5.69 Å². The Morgan fingerprint density at radius 2 is 1.54 bits per heavy atom. The van der Waals surface area contributed by atoms with Gasteiger partial charge < -0.3 is 20.1 Å². The Kier molecular flexibility index (Phi) is 6.64. The largest absolute Gasteiger partial charge is 0.494 e. The van der Waals surface area contributed by atoms with Gasteiger partial charge in [-0.15, -0.1) is 0 Å². The summed E-state index contributed by atoms with van der Waals surface area (Å²) < 4.78 is 10.7. The van der Waals surface area contributed by atoms with Crippen molar-refractivity contribution < 1.29 is 19.1 Å². The molecule has 0 bridgehead atoms. The second-order valence-corrected chi connectivity index (χ2v) is 4.83. The summed E-state index contributed by atoms with van der Waals surface area (Å²) in [6.45, 7) is 2.98. The van der Waals surface area contributed by atoms with E-state index < -0.39 is 11.8 Å². The first kappa shape index (κ1) is 17.3. The Labute approximate surface area is 140 Å². The van der Waals surface area contributed by atoms with E-state index >= 15 is 0 Å². The zero-order chi connectivity index (χ0) is 17.2. The molecule has 0 unspecified atom stereocenters. The molecule has 0 spiro atoms. The lowest BCUT2D eigenvalue weighted by atomic mass is 10.3. The number of nitrogens with one attached hydrogen (secondary N) is 2. The summed E-state index contributed by atoms with van der Waals surface area (Å²) in [5, 5.41) is 5.03. The molecule has 0 atom stereocenters. The van der Waals surface area contributed by atoms with Crippen LogP contribution in [0.3, 0.4) is 0 Å². The third kappa shape index (κ3) is 5.64. The molecule has 2 aromatic carbocycles. The number of para-hydroxylation sites is 1. The average Bonchev–Trinajstić information content (AvgIpc) is 2.61. The van der Waals surface area contributed by atoms with Crippen LogP contribution in [0.25, 0.3) is 0 Å². The van der Waals surface area contributed by atoms with E-state index in [9.17, 15) is 9.59 Å². The van der Waals surface area contributed by atoms with Crippen LogP contribution >= 0.6 is 0 Å². The van der Waals surface area contributed by atoms with Crippen LogP contribution in [0.15, 0.2) is 54.6 Å². The molecule has 6 heteroatoms. The van der Waals surface area contributed by atoms with E-state index in [0.717, 1.165) is 0 Å². The molecule has 0 fully saturated rings. The van der Waals surface area contributed by atoms with Gasteiger partial charge in [0.25, 0.3) is 0 Å². The van der Waals surface area contributed by atoms with Gasteiger partial charge in [-0.3, -0.25) is 9.59 Å². The molecule has 0 heterocycles. The number of carbonyl (C=O) groups is 2. The van der Waals surface area contributed by atoms with E-state index in [1.807, 2.05) is 37.3 Å². The van der Waals surface area contributed by atoms with Crippen molar-refractivity contribution in [2.75, 3.05) is 25.1 Å². The topological polar surface area (TPSA) is 76.7 Å². The molecule has 0 radical (unpaired) electrons. The summed E-state index contributed by atoms with van der Waals surface area (Å²) in [5.74, 6) is -0.0111. The van der Waals surface area contributed by atoms with E-state index in [0.29, 0.717) is 23.8 Å². The minimum atomic E-state index is -0.723. The number of anilines is 1. The summed E-state index contributed by atoms with van der Waals surface area (Å²) in [6, 6.07) is 16.1. The van der Waals surface area contributed by atoms with Gasteiger partial charge in [-0.05, 0) is 43.3 Å². The Morgan fingerprint density at radius 3 is 2.21 bits per heavy atom. The molecule has 126 valence electrons. The van der Waals surface area contributed by atoms with Crippen LogP contribution in [-0.4, -0.2) is 31.6 Å². The van der Waals surface area contributed by atoms with Crippen molar-refractivity contribution in [3.05, 3.63) is 54.6 Å². The number of hydrogen-bond acceptors (Lipinski definition) is 4. The fourth-order valence-electron chi connectivity index (χ4n) is 1.92. The van der Waals surface area contributed by atoms with Crippen LogP contribution < -0.4 is 20.1 Å². The fraction of sp³-hybridized carbons (Fsp3) is 0.222. The van der Waals surface area contributed by atoms with Crippen molar-refractivity contribution in [2.45, 2.75) is 6.92 Å². The number of benzene rings is 2.